The Morgan fingerprint density at radius 3 is 2.78 bits per heavy atom. The smallest absolute Gasteiger partial charge is 0.122 e. The molecule has 1 aromatic carbocycles. The monoisotopic (exact) mass is 251 g/mol. The fraction of sp³-hybridized carbons (Fsp3) is 0.600. The van der Waals surface area contributed by atoms with Gasteiger partial charge in [0, 0.05) is 13.7 Å². The predicted octanol–water partition coefficient (Wildman–Crippen LogP) is 2.50. The quantitative estimate of drug-likeness (QED) is 0.684. The maximum atomic E-state index is 5.64. The van der Waals surface area contributed by atoms with Crippen molar-refractivity contribution >= 4 is 0 Å². The summed E-state index contributed by atoms with van der Waals surface area (Å²) in [6.45, 7) is 7.67. The topological polar surface area (TPSA) is 30.5 Å². The molecule has 0 radical (unpaired) electrons. The molecule has 18 heavy (non-hydrogen) atoms. The highest BCUT2D eigenvalue weighted by molar-refractivity contribution is 5.33. The first-order valence-electron chi connectivity index (χ1n) is 6.68. The van der Waals surface area contributed by atoms with Crippen molar-refractivity contribution in [1.29, 1.82) is 0 Å². The molecule has 0 saturated heterocycles. The predicted molar refractivity (Wildman–Crippen MR) is 75.2 cm³/mol. The minimum absolute atomic E-state index is 0.587. The van der Waals surface area contributed by atoms with E-state index in [1.165, 1.54) is 5.56 Å². The summed E-state index contributed by atoms with van der Waals surface area (Å²) in [5.74, 6) is 1.60. The Bertz CT molecular complexity index is 328. The standard InChI is InChI=1S/C15H25NO2/c1-4-18-15-8-6-5-7-14(15)11-13(2)12-16-9-10-17-3/h5-8,13,16H,4,9-12H2,1-3H3. The highest BCUT2D eigenvalue weighted by Gasteiger charge is 2.07. The largest absolute Gasteiger partial charge is 0.494 e. The maximum Gasteiger partial charge on any atom is 0.122 e. The lowest BCUT2D eigenvalue weighted by molar-refractivity contribution is 0.198. The van der Waals surface area contributed by atoms with Crippen molar-refractivity contribution in [2.45, 2.75) is 20.3 Å². The van der Waals surface area contributed by atoms with Crippen LogP contribution in [0.5, 0.6) is 5.75 Å². The van der Waals surface area contributed by atoms with Gasteiger partial charge < -0.3 is 14.8 Å². The molecular formula is C15H25NO2. The minimum atomic E-state index is 0.587. The molecule has 1 atom stereocenters. The van der Waals surface area contributed by atoms with E-state index in [9.17, 15) is 0 Å². The highest BCUT2D eigenvalue weighted by Crippen LogP contribution is 2.21. The number of hydrogen-bond acceptors (Lipinski definition) is 3. The van der Waals surface area contributed by atoms with Crippen LogP contribution in [0.25, 0.3) is 0 Å². The number of para-hydroxylation sites is 1. The van der Waals surface area contributed by atoms with E-state index in [1.54, 1.807) is 7.11 Å². The van der Waals surface area contributed by atoms with Gasteiger partial charge in [0.25, 0.3) is 0 Å². The minimum Gasteiger partial charge on any atom is -0.494 e. The third-order valence-electron chi connectivity index (χ3n) is 2.82. The summed E-state index contributed by atoms with van der Waals surface area (Å²) in [4.78, 5) is 0. The molecule has 0 aliphatic rings. The summed E-state index contributed by atoms with van der Waals surface area (Å²) >= 11 is 0. The Morgan fingerprint density at radius 1 is 1.28 bits per heavy atom. The molecule has 0 heterocycles. The van der Waals surface area contributed by atoms with Gasteiger partial charge in [0.2, 0.25) is 0 Å². The summed E-state index contributed by atoms with van der Waals surface area (Å²) in [5, 5.41) is 3.39. The average molecular weight is 251 g/mol. The van der Waals surface area contributed by atoms with Gasteiger partial charge in [-0.25, -0.2) is 0 Å². The fourth-order valence-electron chi connectivity index (χ4n) is 1.94. The summed E-state index contributed by atoms with van der Waals surface area (Å²) in [5.41, 5.74) is 1.29. The lowest BCUT2D eigenvalue weighted by Crippen LogP contribution is -2.25. The number of benzene rings is 1. The molecule has 0 saturated carbocycles. The van der Waals surface area contributed by atoms with E-state index in [1.807, 2.05) is 19.1 Å². The molecule has 0 aromatic heterocycles. The Kier molecular flexibility index (Phi) is 7.46. The van der Waals surface area contributed by atoms with E-state index in [0.717, 1.165) is 38.5 Å². The van der Waals surface area contributed by atoms with E-state index in [-0.39, 0.29) is 0 Å². The van der Waals surface area contributed by atoms with Gasteiger partial charge in [0.15, 0.2) is 0 Å². The normalized spacial score (nSPS) is 12.4. The van der Waals surface area contributed by atoms with Crippen LogP contribution in [0.2, 0.25) is 0 Å². The summed E-state index contributed by atoms with van der Waals surface area (Å²) in [6, 6.07) is 8.29. The van der Waals surface area contributed by atoms with Crippen LogP contribution in [0.1, 0.15) is 19.4 Å². The van der Waals surface area contributed by atoms with E-state index >= 15 is 0 Å². The first kappa shape index (κ1) is 15.0. The number of hydrogen-bond donors (Lipinski definition) is 1. The zero-order chi connectivity index (χ0) is 13.2. The first-order valence-corrected chi connectivity index (χ1v) is 6.68. The van der Waals surface area contributed by atoms with Gasteiger partial charge in [-0.3, -0.25) is 0 Å². The molecule has 1 N–H and O–H groups in total. The second-order valence-electron chi connectivity index (χ2n) is 4.55. The maximum absolute atomic E-state index is 5.64. The van der Waals surface area contributed by atoms with Crippen molar-refractivity contribution in [2.75, 3.05) is 33.4 Å². The lowest BCUT2D eigenvalue weighted by atomic mass is 10.0. The average Bonchev–Trinajstić information content (AvgIpc) is 2.37. The highest BCUT2D eigenvalue weighted by atomic mass is 16.5. The number of methoxy groups -OCH3 is 1. The second kappa shape index (κ2) is 8.95. The Morgan fingerprint density at radius 2 is 2.06 bits per heavy atom. The van der Waals surface area contributed by atoms with Crippen LogP contribution in [0.15, 0.2) is 24.3 Å². The van der Waals surface area contributed by atoms with Crippen molar-refractivity contribution in [3.63, 3.8) is 0 Å². The molecule has 1 unspecified atom stereocenters. The molecule has 0 aliphatic carbocycles. The summed E-state index contributed by atoms with van der Waals surface area (Å²) in [7, 11) is 1.73. The Hall–Kier alpha value is -1.06. The van der Waals surface area contributed by atoms with E-state index in [2.05, 4.69) is 24.4 Å². The van der Waals surface area contributed by atoms with Crippen LogP contribution in [0.3, 0.4) is 0 Å². The van der Waals surface area contributed by atoms with Crippen molar-refractivity contribution in [2.24, 2.45) is 5.92 Å². The van der Waals surface area contributed by atoms with Gasteiger partial charge in [-0.2, -0.15) is 0 Å². The van der Waals surface area contributed by atoms with E-state index < -0.39 is 0 Å². The van der Waals surface area contributed by atoms with Crippen LogP contribution in [0.4, 0.5) is 0 Å². The summed E-state index contributed by atoms with van der Waals surface area (Å²) in [6.07, 6.45) is 1.04. The van der Waals surface area contributed by atoms with Crippen LogP contribution < -0.4 is 10.1 Å². The molecule has 0 fully saturated rings. The van der Waals surface area contributed by atoms with Crippen LogP contribution in [0, 0.1) is 5.92 Å². The molecule has 1 aromatic rings. The lowest BCUT2D eigenvalue weighted by Gasteiger charge is -2.15. The number of rotatable bonds is 9. The Balaban J connectivity index is 2.40. The molecule has 3 heteroatoms. The molecule has 3 nitrogen and oxygen atoms in total. The van der Waals surface area contributed by atoms with Crippen molar-refractivity contribution in [3.05, 3.63) is 29.8 Å². The molecule has 102 valence electrons. The number of ether oxygens (including phenoxy) is 2. The van der Waals surface area contributed by atoms with Crippen molar-refractivity contribution in [1.82, 2.24) is 5.32 Å². The third kappa shape index (κ3) is 5.52. The van der Waals surface area contributed by atoms with Crippen molar-refractivity contribution in [3.8, 4) is 5.75 Å². The molecule has 0 amide bonds. The SMILES string of the molecule is CCOc1ccccc1CC(C)CNCCOC. The Labute approximate surface area is 110 Å². The van der Waals surface area contributed by atoms with Gasteiger partial charge in [-0.15, -0.1) is 0 Å². The molecular weight excluding hydrogens is 226 g/mol. The molecule has 0 spiro atoms. The second-order valence-corrected chi connectivity index (χ2v) is 4.55. The van der Waals surface area contributed by atoms with Gasteiger partial charge >= 0.3 is 0 Å². The van der Waals surface area contributed by atoms with E-state index in [0.29, 0.717) is 5.92 Å². The fourth-order valence-corrected chi connectivity index (χ4v) is 1.94. The summed E-state index contributed by atoms with van der Waals surface area (Å²) < 4.78 is 10.7. The molecule has 0 aliphatic heterocycles. The zero-order valence-electron chi connectivity index (χ0n) is 11.7. The first-order chi connectivity index (χ1) is 8.77. The van der Waals surface area contributed by atoms with Crippen molar-refractivity contribution < 1.29 is 9.47 Å². The van der Waals surface area contributed by atoms with E-state index in [4.69, 9.17) is 9.47 Å². The zero-order valence-corrected chi connectivity index (χ0v) is 11.7. The third-order valence-corrected chi connectivity index (χ3v) is 2.82. The van der Waals surface area contributed by atoms with Gasteiger partial charge in [0.05, 0.1) is 13.2 Å². The van der Waals surface area contributed by atoms with Crippen LogP contribution in [-0.4, -0.2) is 33.4 Å². The van der Waals surface area contributed by atoms with Crippen LogP contribution >= 0.6 is 0 Å². The van der Waals surface area contributed by atoms with Gasteiger partial charge in [-0.1, -0.05) is 25.1 Å². The van der Waals surface area contributed by atoms with Crippen LogP contribution in [-0.2, 0) is 11.2 Å². The molecule has 0 bridgehead atoms. The van der Waals surface area contributed by atoms with Gasteiger partial charge in [0.1, 0.15) is 5.75 Å². The van der Waals surface area contributed by atoms with Gasteiger partial charge in [-0.05, 0) is 37.4 Å². The number of nitrogens with one attached hydrogen (secondary N) is 1. The molecule has 1 rings (SSSR count).